The summed E-state index contributed by atoms with van der Waals surface area (Å²) in [5, 5.41) is 12.4. The molecule has 0 bridgehead atoms. The lowest BCUT2D eigenvalue weighted by Gasteiger charge is -2.24. The Balaban J connectivity index is 1.44. The third-order valence-corrected chi connectivity index (χ3v) is 3.30. The number of aliphatic hydroxyl groups excluding tert-OH is 1. The molecule has 0 saturated heterocycles. The summed E-state index contributed by atoms with van der Waals surface area (Å²) < 4.78 is 27.1. The number of aliphatic hydroxyl groups is 1. The van der Waals surface area contributed by atoms with E-state index in [9.17, 15) is 0 Å². The summed E-state index contributed by atoms with van der Waals surface area (Å²) in [5.74, 6) is 1.62. The van der Waals surface area contributed by atoms with Gasteiger partial charge in [-0.1, -0.05) is 0 Å². The first-order valence-corrected chi connectivity index (χ1v) is 7.54. The van der Waals surface area contributed by atoms with Gasteiger partial charge in [0.05, 0.1) is 46.2 Å². The van der Waals surface area contributed by atoms with E-state index in [4.69, 9.17) is 28.8 Å². The zero-order valence-electron chi connectivity index (χ0n) is 11.3. The molecule has 6 nitrogen and oxygen atoms in total. The van der Waals surface area contributed by atoms with E-state index in [1.165, 1.54) is 0 Å². The lowest BCUT2D eigenvalue weighted by molar-refractivity contribution is -0.0221. The molecule has 1 unspecified atom stereocenters. The van der Waals surface area contributed by atoms with Crippen LogP contribution < -0.4 is 9.47 Å². The maximum atomic E-state index is 8.50. The Hall–Kier alpha value is -0.860. The highest BCUT2D eigenvalue weighted by Gasteiger charge is 2.21. The van der Waals surface area contributed by atoms with E-state index in [1.54, 1.807) is 11.3 Å². The Morgan fingerprint density at radius 2 is 1.75 bits per heavy atom. The molecule has 0 amide bonds. The fourth-order valence-electron chi connectivity index (χ4n) is 1.66. The van der Waals surface area contributed by atoms with Gasteiger partial charge in [-0.25, -0.2) is 0 Å². The van der Waals surface area contributed by atoms with E-state index in [0.717, 1.165) is 11.5 Å². The van der Waals surface area contributed by atoms with Crippen molar-refractivity contribution in [3.63, 3.8) is 0 Å². The molecule has 1 N–H and O–H groups in total. The number of thiophene rings is 1. The summed E-state index contributed by atoms with van der Waals surface area (Å²) in [5.41, 5.74) is 0. The average molecular weight is 304 g/mol. The molecule has 20 heavy (non-hydrogen) atoms. The van der Waals surface area contributed by atoms with Gasteiger partial charge in [-0.2, -0.15) is 0 Å². The predicted octanol–water partition coefficient (Wildman–Crippen LogP) is 0.930. The molecule has 1 aliphatic rings. The highest BCUT2D eigenvalue weighted by atomic mass is 32.1. The van der Waals surface area contributed by atoms with Crippen molar-refractivity contribution in [3.8, 4) is 11.5 Å². The molecule has 2 rings (SSSR count). The van der Waals surface area contributed by atoms with Crippen molar-refractivity contribution in [2.75, 3.05) is 52.9 Å². The van der Waals surface area contributed by atoms with E-state index in [1.807, 2.05) is 10.8 Å². The zero-order valence-corrected chi connectivity index (χ0v) is 12.1. The van der Waals surface area contributed by atoms with E-state index in [2.05, 4.69) is 0 Å². The molecule has 1 aromatic heterocycles. The second-order valence-electron chi connectivity index (χ2n) is 4.17. The van der Waals surface area contributed by atoms with Crippen molar-refractivity contribution in [2.24, 2.45) is 0 Å². The minimum Gasteiger partial charge on any atom is -0.485 e. The molecule has 0 spiro atoms. The Morgan fingerprint density at radius 3 is 2.55 bits per heavy atom. The van der Waals surface area contributed by atoms with Crippen molar-refractivity contribution < 1.29 is 28.8 Å². The van der Waals surface area contributed by atoms with Gasteiger partial charge < -0.3 is 28.8 Å². The normalized spacial score (nSPS) is 17.4. The first-order valence-electron chi connectivity index (χ1n) is 6.60. The summed E-state index contributed by atoms with van der Waals surface area (Å²) >= 11 is 1.56. The maximum absolute atomic E-state index is 8.50. The average Bonchev–Trinajstić information content (AvgIpc) is 2.93. The van der Waals surface area contributed by atoms with E-state index in [0.29, 0.717) is 46.2 Å². The number of fused-ring (bicyclic) bond motifs is 1. The van der Waals surface area contributed by atoms with Crippen LogP contribution >= 0.6 is 11.3 Å². The van der Waals surface area contributed by atoms with Crippen LogP contribution in [0, 0.1) is 0 Å². The van der Waals surface area contributed by atoms with Gasteiger partial charge in [-0.3, -0.25) is 0 Å². The lowest BCUT2D eigenvalue weighted by Crippen LogP contribution is -2.33. The highest BCUT2D eigenvalue weighted by molar-refractivity contribution is 7.08. The second kappa shape index (κ2) is 9.15. The van der Waals surface area contributed by atoms with Crippen molar-refractivity contribution >= 4 is 11.3 Å². The predicted molar refractivity (Wildman–Crippen MR) is 73.8 cm³/mol. The molecule has 0 radical (unpaired) electrons. The number of hydrogen-bond acceptors (Lipinski definition) is 7. The van der Waals surface area contributed by atoms with Gasteiger partial charge >= 0.3 is 0 Å². The second-order valence-corrected chi connectivity index (χ2v) is 4.92. The van der Waals surface area contributed by atoms with Crippen LogP contribution in [-0.2, 0) is 14.2 Å². The fraction of sp³-hybridized carbons (Fsp3) is 0.692. The van der Waals surface area contributed by atoms with Crippen LogP contribution in [0.1, 0.15) is 0 Å². The standard InChI is InChI=1S/C13H20O6S/c14-1-2-15-3-4-16-5-6-17-7-11-8-18-12-9-20-10-13(12)19-11/h9-11,14H,1-8H2. The molecule has 114 valence electrons. The van der Waals surface area contributed by atoms with Gasteiger partial charge in [0.1, 0.15) is 6.61 Å². The summed E-state index contributed by atoms with van der Waals surface area (Å²) in [6.45, 7) is 3.41. The molecule has 0 aromatic carbocycles. The number of hydrogen-bond donors (Lipinski definition) is 1. The van der Waals surface area contributed by atoms with Gasteiger partial charge in [-0.15, -0.1) is 11.3 Å². The largest absolute Gasteiger partial charge is 0.485 e. The minimum atomic E-state index is -0.0648. The van der Waals surface area contributed by atoms with Crippen LogP contribution in [0.4, 0.5) is 0 Å². The topological polar surface area (TPSA) is 66.4 Å². The monoisotopic (exact) mass is 304 g/mol. The molecule has 1 aliphatic heterocycles. The molecule has 2 heterocycles. The quantitative estimate of drug-likeness (QED) is 0.649. The van der Waals surface area contributed by atoms with Crippen LogP contribution in [0.25, 0.3) is 0 Å². The summed E-state index contributed by atoms with van der Waals surface area (Å²) in [6, 6.07) is 0. The minimum absolute atomic E-state index is 0.0401. The van der Waals surface area contributed by atoms with E-state index < -0.39 is 0 Å². The summed E-state index contributed by atoms with van der Waals surface area (Å²) in [4.78, 5) is 0. The SMILES string of the molecule is OCCOCCOCCOCC1COc2cscc2O1. The van der Waals surface area contributed by atoms with Crippen LogP contribution in [-0.4, -0.2) is 64.1 Å². The maximum Gasteiger partial charge on any atom is 0.172 e. The Morgan fingerprint density at radius 1 is 1.05 bits per heavy atom. The van der Waals surface area contributed by atoms with Gasteiger partial charge in [-0.05, 0) is 0 Å². The molecule has 1 atom stereocenters. The third-order valence-electron chi connectivity index (χ3n) is 2.59. The van der Waals surface area contributed by atoms with Gasteiger partial charge in [0.15, 0.2) is 17.6 Å². The lowest BCUT2D eigenvalue weighted by atomic mass is 10.3. The Labute approximate surface area is 122 Å². The van der Waals surface area contributed by atoms with Gasteiger partial charge in [0.25, 0.3) is 0 Å². The first kappa shape index (κ1) is 15.5. The smallest absolute Gasteiger partial charge is 0.172 e. The molecular weight excluding hydrogens is 284 g/mol. The van der Waals surface area contributed by atoms with Crippen LogP contribution in [0.15, 0.2) is 10.8 Å². The first-order chi connectivity index (χ1) is 9.90. The Kier molecular flexibility index (Phi) is 7.10. The number of rotatable bonds is 10. The van der Waals surface area contributed by atoms with Crippen molar-refractivity contribution in [2.45, 2.75) is 6.10 Å². The molecule has 0 saturated carbocycles. The van der Waals surface area contributed by atoms with E-state index >= 15 is 0 Å². The zero-order chi connectivity index (χ0) is 14.0. The fourth-order valence-corrected chi connectivity index (χ4v) is 2.33. The Bertz CT molecular complexity index is 369. The molecular formula is C13H20O6S. The third kappa shape index (κ3) is 5.26. The molecule has 0 fully saturated rings. The van der Waals surface area contributed by atoms with Crippen molar-refractivity contribution in [1.82, 2.24) is 0 Å². The van der Waals surface area contributed by atoms with Crippen LogP contribution in [0.3, 0.4) is 0 Å². The van der Waals surface area contributed by atoms with E-state index in [-0.39, 0.29) is 12.7 Å². The van der Waals surface area contributed by atoms with Gasteiger partial charge in [0, 0.05) is 10.8 Å². The number of ether oxygens (including phenoxy) is 5. The summed E-state index contributed by atoms with van der Waals surface area (Å²) in [6.07, 6.45) is -0.0648. The highest BCUT2D eigenvalue weighted by Crippen LogP contribution is 2.35. The van der Waals surface area contributed by atoms with Crippen LogP contribution in [0.5, 0.6) is 11.5 Å². The van der Waals surface area contributed by atoms with Crippen molar-refractivity contribution in [1.29, 1.82) is 0 Å². The molecule has 0 aliphatic carbocycles. The van der Waals surface area contributed by atoms with Crippen LogP contribution in [0.2, 0.25) is 0 Å². The molecule has 7 heteroatoms. The molecule has 1 aromatic rings. The van der Waals surface area contributed by atoms with Gasteiger partial charge in [0.2, 0.25) is 0 Å². The van der Waals surface area contributed by atoms with Crippen molar-refractivity contribution in [3.05, 3.63) is 10.8 Å². The summed E-state index contributed by atoms with van der Waals surface area (Å²) in [7, 11) is 0.